The molecule has 2 aromatic rings. The van der Waals surface area contributed by atoms with Gasteiger partial charge in [0.1, 0.15) is 11.5 Å². The average Bonchev–Trinajstić information content (AvgIpc) is 3.02. The normalized spacial score (nSPS) is 14.8. The third kappa shape index (κ3) is 5.06. The van der Waals surface area contributed by atoms with Crippen LogP contribution in [0.5, 0.6) is 11.5 Å². The molecule has 6 heteroatoms. The van der Waals surface area contributed by atoms with Crippen molar-refractivity contribution in [2.24, 2.45) is 0 Å². The fourth-order valence-corrected chi connectivity index (χ4v) is 3.64. The monoisotopic (exact) mass is 374 g/mol. The molecule has 1 N–H and O–H groups in total. The van der Waals surface area contributed by atoms with Crippen molar-refractivity contribution in [3.05, 3.63) is 53.6 Å². The van der Waals surface area contributed by atoms with Crippen LogP contribution in [0.15, 0.2) is 42.5 Å². The molecule has 1 aliphatic heterocycles. The fourth-order valence-electron chi connectivity index (χ4n) is 2.98. The number of nitrogens with zero attached hydrogens (tertiary/aromatic N) is 1. The van der Waals surface area contributed by atoms with E-state index in [-0.39, 0.29) is 0 Å². The highest BCUT2D eigenvalue weighted by Crippen LogP contribution is 2.33. The summed E-state index contributed by atoms with van der Waals surface area (Å²) in [5.74, 6) is 1.66. The Bertz CT molecular complexity index is 749. The van der Waals surface area contributed by atoms with E-state index in [0.29, 0.717) is 6.61 Å². The van der Waals surface area contributed by atoms with Gasteiger partial charge in [0.05, 0.1) is 6.61 Å². The third-order valence-electron chi connectivity index (χ3n) is 4.32. The summed E-state index contributed by atoms with van der Waals surface area (Å²) in [5, 5.41) is 0. The molecule has 1 unspecified atom stereocenters. The van der Waals surface area contributed by atoms with Gasteiger partial charge in [0.25, 0.3) is 11.3 Å². The molecular formula is C20H26N2O3S. The second-order valence-corrected chi connectivity index (χ2v) is 7.47. The van der Waals surface area contributed by atoms with Crippen LogP contribution in [0.2, 0.25) is 0 Å². The molecule has 0 radical (unpaired) electrons. The number of nitrogens with one attached hydrogen (secondary N) is 1. The zero-order valence-corrected chi connectivity index (χ0v) is 16.2. The van der Waals surface area contributed by atoms with Crippen molar-refractivity contribution in [1.82, 2.24) is 4.90 Å². The Morgan fingerprint density at radius 3 is 2.69 bits per heavy atom. The molecule has 26 heavy (non-hydrogen) atoms. The van der Waals surface area contributed by atoms with Crippen molar-refractivity contribution >= 4 is 17.0 Å². The van der Waals surface area contributed by atoms with Crippen molar-refractivity contribution in [3.63, 3.8) is 0 Å². The van der Waals surface area contributed by atoms with Gasteiger partial charge in [-0.15, -0.1) is 0 Å². The van der Waals surface area contributed by atoms with E-state index in [2.05, 4.69) is 29.7 Å². The summed E-state index contributed by atoms with van der Waals surface area (Å²) >= 11 is -1.52. The predicted molar refractivity (Wildman–Crippen MR) is 105 cm³/mol. The Balaban J connectivity index is 1.56. The molecular weight excluding hydrogens is 348 g/mol. The summed E-state index contributed by atoms with van der Waals surface area (Å²) in [6.07, 6.45) is 3.13. The second kappa shape index (κ2) is 9.16. The summed E-state index contributed by atoms with van der Waals surface area (Å²) in [7, 11) is 2.11. The molecule has 0 spiro atoms. The van der Waals surface area contributed by atoms with Crippen LogP contribution in [0.25, 0.3) is 0 Å². The van der Waals surface area contributed by atoms with Gasteiger partial charge in [0, 0.05) is 24.3 Å². The van der Waals surface area contributed by atoms with Crippen LogP contribution < -0.4 is 9.46 Å². The van der Waals surface area contributed by atoms with Crippen LogP contribution in [-0.2, 0) is 28.5 Å². The Kier molecular flexibility index (Phi) is 6.66. The van der Waals surface area contributed by atoms with Gasteiger partial charge in [-0.3, -0.25) is 13.8 Å². The number of unbranched alkanes of at least 4 members (excludes halogenated alkanes) is 2. The van der Waals surface area contributed by atoms with Crippen LogP contribution in [-0.4, -0.2) is 22.8 Å². The summed E-state index contributed by atoms with van der Waals surface area (Å²) in [5.41, 5.74) is 3.31. The van der Waals surface area contributed by atoms with Gasteiger partial charge in [0.2, 0.25) is 0 Å². The molecule has 0 saturated heterocycles. The summed E-state index contributed by atoms with van der Waals surface area (Å²) < 4.78 is 26.0. The van der Waals surface area contributed by atoms with Gasteiger partial charge in [-0.25, -0.2) is 4.21 Å². The number of hydrogen-bond donors (Lipinski definition) is 1. The number of ether oxygens (including phenoxy) is 1. The van der Waals surface area contributed by atoms with Gasteiger partial charge >= 0.3 is 0 Å². The van der Waals surface area contributed by atoms with Crippen LogP contribution in [0, 0.1) is 0 Å². The minimum absolute atomic E-state index is 0.502. The molecule has 1 aliphatic rings. The number of rotatable bonds is 9. The predicted octanol–water partition coefficient (Wildman–Crippen LogP) is 4.62. The first-order valence-electron chi connectivity index (χ1n) is 9.04. The van der Waals surface area contributed by atoms with Gasteiger partial charge in [-0.2, -0.15) is 0 Å². The lowest BCUT2D eigenvalue weighted by molar-refractivity contribution is 0.337. The Labute approximate surface area is 158 Å². The second-order valence-electron chi connectivity index (χ2n) is 6.56. The highest BCUT2D eigenvalue weighted by Gasteiger charge is 2.19. The van der Waals surface area contributed by atoms with E-state index in [1.165, 1.54) is 11.1 Å². The van der Waals surface area contributed by atoms with E-state index in [1.807, 2.05) is 36.4 Å². The van der Waals surface area contributed by atoms with Crippen molar-refractivity contribution in [2.45, 2.75) is 39.3 Å². The number of anilines is 1. The summed E-state index contributed by atoms with van der Waals surface area (Å²) in [6.45, 7) is 4.49. The molecule has 0 aromatic heterocycles. The van der Waals surface area contributed by atoms with Gasteiger partial charge in [-0.05, 0) is 49.4 Å². The molecule has 140 valence electrons. The van der Waals surface area contributed by atoms with Crippen LogP contribution in [0.4, 0.5) is 5.69 Å². The lowest BCUT2D eigenvalue weighted by atomic mass is 10.1. The van der Waals surface area contributed by atoms with Crippen molar-refractivity contribution < 1.29 is 13.1 Å². The molecule has 1 heterocycles. The van der Waals surface area contributed by atoms with E-state index in [0.717, 1.165) is 49.5 Å². The fraction of sp³-hybridized carbons (Fsp3) is 0.400. The van der Waals surface area contributed by atoms with Crippen LogP contribution in [0.1, 0.15) is 37.3 Å². The van der Waals surface area contributed by atoms with Crippen molar-refractivity contribution in [3.8, 4) is 11.5 Å². The Morgan fingerprint density at radius 1 is 1.12 bits per heavy atom. The maximum Gasteiger partial charge on any atom is 0.261 e. The highest BCUT2D eigenvalue weighted by atomic mass is 32.2. The molecule has 0 aliphatic carbocycles. The first-order chi connectivity index (χ1) is 12.7. The van der Waals surface area contributed by atoms with Gasteiger partial charge in [0.15, 0.2) is 0 Å². The largest absolute Gasteiger partial charge is 0.457 e. The van der Waals surface area contributed by atoms with Crippen LogP contribution >= 0.6 is 0 Å². The van der Waals surface area contributed by atoms with E-state index in [4.69, 9.17) is 8.92 Å². The molecule has 0 amide bonds. The molecule has 2 aromatic carbocycles. The lowest BCUT2D eigenvalue weighted by Crippen LogP contribution is -2.09. The molecule has 0 saturated carbocycles. The smallest absolute Gasteiger partial charge is 0.261 e. The van der Waals surface area contributed by atoms with E-state index in [1.54, 1.807) is 0 Å². The van der Waals surface area contributed by atoms with E-state index in [9.17, 15) is 4.21 Å². The first kappa shape index (κ1) is 18.9. The van der Waals surface area contributed by atoms with E-state index < -0.39 is 11.3 Å². The summed E-state index contributed by atoms with van der Waals surface area (Å²) in [6, 6.07) is 13.6. The maximum absolute atomic E-state index is 11.9. The highest BCUT2D eigenvalue weighted by molar-refractivity contribution is 7.81. The van der Waals surface area contributed by atoms with Gasteiger partial charge in [-0.1, -0.05) is 31.9 Å². The zero-order chi connectivity index (χ0) is 18.4. The first-order valence-corrected chi connectivity index (χ1v) is 10.1. The topological polar surface area (TPSA) is 50.8 Å². The van der Waals surface area contributed by atoms with Crippen molar-refractivity contribution in [1.29, 1.82) is 0 Å². The van der Waals surface area contributed by atoms with Crippen molar-refractivity contribution in [2.75, 3.05) is 18.4 Å². The SMILES string of the molecule is CCCCCOS(=O)Nc1ccc(Oc2cccc3c2CN(C)C3)cc1. The maximum atomic E-state index is 11.9. The minimum atomic E-state index is -1.52. The standard InChI is InChI=1S/C20H26N2O3S/c1-3-4-5-13-24-26(23)21-17-9-11-18(12-10-17)25-20-8-6-7-16-14-22(2)15-19(16)20/h6-12,21H,3-5,13-15H2,1-2H3. The number of benzene rings is 2. The third-order valence-corrected chi connectivity index (χ3v) is 5.10. The quantitative estimate of drug-likeness (QED) is 0.651. The Morgan fingerprint density at radius 2 is 1.92 bits per heavy atom. The minimum Gasteiger partial charge on any atom is -0.457 e. The molecule has 1 atom stereocenters. The molecule has 0 bridgehead atoms. The number of fused-ring (bicyclic) bond motifs is 1. The lowest BCUT2D eigenvalue weighted by Gasteiger charge is -2.11. The molecule has 5 nitrogen and oxygen atoms in total. The summed E-state index contributed by atoms with van der Waals surface area (Å²) in [4.78, 5) is 2.26. The zero-order valence-electron chi connectivity index (χ0n) is 15.4. The van der Waals surface area contributed by atoms with Gasteiger partial charge < -0.3 is 4.74 Å². The Hall–Kier alpha value is -1.89. The molecule has 0 fully saturated rings. The van der Waals surface area contributed by atoms with Crippen LogP contribution in [0.3, 0.4) is 0 Å². The number of hydrogen-bond acceptors (Lipinski definition) is 4. The van der Waals surface area contributed by atoms with E-state index >= 15 is 0 Å². The molecule has 3 rings (SSSR count). The average molecular weight is 375 g/mol.